The minimum absolute atomic E-state index is 0.0281. The first kappa shape index (κ1) is 19.1. The average molecular weight is 405 g/mol. The Morgan fingerprint density at radius 3 is 2.56 bits per heavy atom. The van der Waals surface area contributed by atoms with Crippen LogP contribution in [0.3, 0.4) is 0 Å². The van der Waals surface area contributed by atoms with E-state index in [4.69, 9.17) is 4.74 Å². The molecule has 0 fully saturated rings. The summed E-state index contributed by atoms with van der Waals surface area (Å²) in [6.45, 7) is 1.76. The molecule has 140 valence electrons. The van der Waals surface area contributed by atoms with Gasteiger partial charge in [0.25, 0.3) is 10.0 Å². The van der Waals surface area contributed by atoms with E-state index in [1.54, 1.807) is 42.6 Å². The van der Waals surface area contributed by atoms with Gasteiger partial charge < -0.3 is 4.74 Å². The number of ether oxygens (including phenoxy) is 1. The van der Waals surface area contributed by atoms with Crippen LogP contribution in [0.4, 0.5) is 10.1 Å². The van der Waals surface area contributed by atoms with Crippen molar-refractivity contribution < 1.29 is 22.3 Å². The largest absolute Gasteiger partial charge is 0.462 e. The molecule has 5 nitrogen and oxygen atoms in total. The lowest BCUT2D eigenvalue weighted by atomic mass is 10.1. The number of hydrogen-bond donors (Lipinski definition) is 1. The number of halogens is 1. The second-order valence-electron chi connectivity index (χ2n) is 5.51. The standard InChI is InChI=1S/C19H16FNO4S2/c1-2-25-19(22)17-18(16(12-26-17)13-7-4-3-5-8-13)27(23,24)21-15-10-6-9-14(20)11-15/h3-12,21H,2H2,1H3. The Balaban J connectivity index is 2.13. The molecule has 0 amide bonds. The SMILES string of the molecule is CCOC(=O)c1scc(-c2ccccc2)c1S(=O)(=O)Nc1cccc(F)c1. The van der Waals surface area contributed by atoms with E-state index in [-0.39, 0.29) is 22.1 Å². The second kappa shape index (κ2) is 7.89. The van der Waals surface area contributed by atoms with E-state index in [9.17, 15) is 17.6 Å². The lowest BCUT2D eigenvalue weighted by Crippen LogP contribution is -2.17. The van der Waals surface area contributed by atoms with E-state index in [2.05, 4.69) is 4.72 Å². The minimum Gasteiger partial charge on any atom is -0.462 e. The molecule has 0 aliphatic rings. The number of carbonyl (C=O) groups excluding carboxylic acids is 1. The number of sulfonamides is 1. The summed E-state index contributed by atoms with van der Waals surface area (Å²) in [6.07, 6.45) is 0. The lowest BCUT2D eigenvalue weighted by molar-refractivity contribution is 0.0528. The lowest BCUT2D eigenvalue weighted by Gasteiger charge is -2.11. The van der Waals surface area contributed by atoms with Crippen molar-refractivity contribution >= 4 is 33.0 Å². The Morgan fingerprint density at radius 1 is 1.15 bits per heavy atom. The molecule has 27 heavy (non-hydrogen) atoms. The highest BCUT2D eigenvalue weighted by atomic mass is 32.2. The van der Waals surface area contributed by atoms with Gasteiger partial charge in [0.2, 0.25) is 0 Å². The molecule has 0 saturated carbocycles. The fraction of sp³-hybridized carbons (Fsp3) is 0.105. The van der Waals surface area contributed by atoms with Crippen LogP contribution in [0.2, 0.25) is 0 Å². The highest BCUT2D eigenvalue weighted by molar-refractivity contribution is 7.93. The molecule has 0 radical (unpaired) electrons. The molecule has 0 unspecified atom stereocenters. The van der Waals surface area contributed by atoms with Crippen LogP contribution in [-0.4, -0.2) is 21.0 Å². The summed E-state index contributed by atoms with van der Waals surface area (Å²) < 4.78 is 46.9. The number of carbonyl (C=O) groups is 1. The molecule has 0 bridgehead atoms. The molecule has 1 heterocycles. The van der Waals surface area contributed by atoms with Gasteiger partial charge in [-0.25, -0.2) is 17.6 Å². The van der Waals surface area contributed by atoms with Crippen LogP contribution in [0.5, 0.6) is 0 Å². The molecule has 1 aromatic heterocycles. The van der Waals surface area contributed by atoms with Crippen LogP contribution in [0.15, 0.2) is 64.9 Å². The number of hydrogen-bond acceptors (Lipinski definition) is 5. The maximum Gasteiger partial charge on any atom is 0.349 e. The molecule has 2 aromatic carbocycles. The summed E-state index contributed by atoms with van der Waals surface area (Å²) in [4.78, 5) is 12.1. The van der Waals surface area contributed by atoms with Gasteiger partial charge in [-0.15, -0.1) is 11.3 Å². The van der Waals surface area contributed by atoms with Crippen molar-refractivity contribution in [2.45, 2.75) is 11.8 Å². The van der Waals surface area contributed by atoms with Crippen LogP contribution in [0, 0.1) is 5.82 Å². The fourth-order valence-corrected chi connectivity index (χ4v) is 5.27. The maximum absolute atomic E-state index is 13.4. The Labute approximate surface area is 160 Å². The molecule has 0 aliphatic carbocycles. The predicted molar refractivity (Wildman–Crippen MR) is 103 cm³/mol. The van der Waals surface area contributed by atoms with Crippen LogP contribution < -0.4 is 4.72 Å². The van der Waals surface area contributed by atoms with Gasteiger partial charge in [0.1, 0.15) is 15.6 Å². The number of benzene rings is 2. The third-order valence-electron chi connectivity index (χ3n) is 3.64. The number of esters is 1. The van der Waals surface area contributed by atoms with Crippen molar-refractivity contribution in [3.8, 4) is 11.1 Å². The predicted octanol–water partition coefficient (Wildman–Crippen LogP) is 4.53. The van der Waals surface area contributed by atoms with Crippen molar-refractivity contribution in [2.75, 3.05) is 11.3 Å². The van der Waals surface area contributed by atoms with E-state index in [1.165, 1.54) is 18.2 Å². The first-order chi connectivity index (χ1) is 12.9. The van der Waals surface area contributed by atoms with Crippen molar-refractivity contribution in [3.63, 3.8) is 0 Å². The zero-order valence-electron chi connectivity index (χ0n) is 14.3. The second-order valence-corrected chi connectivity index (χ2v) is 8.01. The summed E-state index contributed by atoms with van der Waals surface area (Å²) in [7, 11) is -4.17. The van der Waals surface area contributed by atoms with Gasteiger partial charge in [-0.05, 0) is 30.7 Å². The molecule has 0 saturated heterocycles. The molecule has 3 rings (SSSR count). The number of rotatable bonds is 6. The van der Waals surface area contributed by atoms with Crippen LogP contribution in [0.25, 0.3) is 11.1 Å². The van der Waals surface area contributed by atoms with Crippen LogP contribution in [0.1, 0.15) is 16.6 Å². The van der Waals surface area contributed by atoms with E-state index < -0.39 is 21.8 Å². The third-order valence-corrected chi connectivity index (χ3v) is 6.19. The first-order valence-corrected chi connectivity index (χ1v) is 10.4. The third kappa shape index (κ3) is 4.17. The molecular weight excluding hydrogens is 389 g/mol. The minimum atomic E-state index is -4.17. The first-order valence-electron chi connectivity index (χ1n) is 8.05. The Morgan fingerprint density at radius 2 is 1.89 bits per heavy atom. The van der Waals surface area contributed by atoms with E-state index in [0.717, 1.165) is 17.4 Å². The van der Waals surface area contributed by atoms with Gasteiger partial charge >= 0.3 is 5.97 Å². The number of anilines is 1. The molecule has 0 atom stereocenters. The van der Waals surface area contributed by atoms with Gasteiger partial charge in [-0.2, -0.15) is 0 Å². The summed E-state index contributed by atoms with van der Waals surface area (Å²) in [5.41, 5.74) is 1.09. The molecule has 1 N–H and O–H groups in total. The molecule has 0 spiro atoms. The van der Waals surface area contributed by atoms with Crippen LogP contribution >= 0.6 is 11.3 Å². The zero-order chi connectivity index (χ0) is 19.4. The summed E-state index contributed by atoms with van der Waals surface area (Å²) in [5, 5.41) is 1.60. The topological polar surface area (TPSA) is 72.5 Å². The smallest absolute Gasteiger partial charge is 0.349 e. The highest BCUT2D eigenvalue weighted by Gasteiger charge is 2.30. The average Bonchev–Trinajstić information content (AvgIpc) is 3.08. The quantitative estimate of drug-likeness (QED) is 0.612. The Kier molecular flexibility index (Phi) is 5.57. The summed E-state index contributed by atoms with van der Waals surface area (Å²) in [6, 6.07) is 13.9. The van der Waals surface area contributed by atoms with Crippen molar-refractivity contribution in [2.24, 2.45) is 0 Å². The van der Waals surface area contributed by atoms with E-state index in [0.29, 0.717) is 11.1 Å². The fourth-order valence-electron chi connectivity index (χ4n) is 2.53. The highest BCUT2D eigenvalue weighted by Crippen LogP contribution is 2.36. The van der Waals surface area contributed by atoms with Crippen molar-refractivity contribution in [3.05, 3.63) is 70.7 Å². The maximum atomic E-state index is 13.4. The van der Waals surface area contributed by atoms with Crippen LogP contribution in [-0.2, 0) is 14.8 Å². The molecule has 3 aromatic rings. The summed E-state index contributed by atoms with van der Waals surface area (Å²) in [5.74, 6) is -1.29. The van der Waals surface area contributed by atoms with E-state index >= 15 is 0 Å². The van der Waals surface area contributed by atoms with E-state index in [1.807, 2.05) is 0 Å². The monoisotopic (exact) mass is 405 g/mol. The number of nitrogens with one attached hydrogen (secondary N) is 1. The Bertz CT molecular complexity index is 1060. The van der Waals surface area contributed by atoms with Gasteiger partial charge in [0, 0.05) is 10.9 Å². The van der Waals surface area contributed by atoms with Gasteiger partial charge in [0.15, 0.2) is 0 Å². The molecular formula is C19H16FNO4S2. The van der Waals surface area contributed by atoms with Crippen molar-refractivity contribution in [1.82, 2.24) is 0 Å². The normalized spacial score (nSPS) is 11.2. The van der Waals surface area contributed by atoms with Gasteiger partial charge in [-0.1, -0.05) is 36.4 Å². The van der Waals surface area contributed by atoms with Gasteiger partial charge in [0.05, 0.1) is 12.3 Å². The molecule has 0 aliphatic heterocycles. The zero-order valence-corrected chi connectivity index (χ0v) is 15.9. The summed E-state index contributed by atoms with van der Waals surface area (Å²) >= 11 is 0.992. The molecule has 8 heteroatoms. The van der Waals surface area contributed by atoms with Gasteiger partial charge in [-0.3, -0.25) is 4.72 Å². The number of thiophene rings is 1. The van der Waals surface area contributed by atoms with Crippen molar-refractivity contribution in [1.29, 1.82) is 0 Å². The Hall–Kier alpha value is -2.71.